The molecular weight excluding hydrogens is 476 g/mol. The molecule has 0 fully saturated rings. The maximum absolute atomic E-state index is 12.9. The van der Waals surface area contributed by atoms with Crippen molar-refractivity contribution in [2.75, 3.05) is 0 Å². The van der Waals surface area contributed by atoms with Crippen molar-refractivity contribution in [3.8, 4) is 17.2 Å². The van der Waals surface area contributed by atoms with Crippen molar-refractivity contribution in [3.63, 3.8) is 0 Å². The molecule has 10 heteroatoms. The zero-order valence-electron chi connectivity index (χ0n) is 18.9. The first-order valence-corrected chi connectivity index (χ1v) is 10.5. The van der Waals surface area contributed by atoms with Gasteiger partial charge in [-0.15, -0.1) is 0 Å². The van der Waals surface area contributed by atoms with E-state index in [1.54, 1.807) is 12.1 Å². The number of Topliss-reactive ketones (excluding diaryl/α,β-unsaturated/α-hetero) is 1. The Morgan fingerprint density at radius 1 is 0.829 bits per heavy atom. The normalized spacial score (nSPS) is 13.7. The number of carbonyl (C=O) groups is 1. The van der Waals surface area contributed by atoms with E-state index in [4.69, 9.17) is 9.47 Å². The van der Waals surface area contributed by atoms with E-state index < -0.39 is 41.3 Å². The zero-order valence-corrected chi connectivity index (χ0v) is 18.9. The number of pyridine rings is 1. The average Bonchev–Trinajstić information content (AvgIpc) is 2.79. The van der Waals surface area contributed by atoms with Crippen LogP contribution in [0.4, 0.5) is 26.3 Å². The molecule has 0 aliphatic rings. The average molecular weight is 497 g/mol. The van der Waals surface area contributed by atoms with Crippen LogP contribution in [0.2, 0.25) is 0 Å². The molecule has 0 aliphatic heterocycles. The summed E-state index contributed by atoms with van der Waals surface area (Å²) in [4.78, 5) is 16.6. The lowest BCUT2D eigenvalue weighted by molar-refractivity contribution is -0.138. The third kappa shape index (κ3) is 6.32. The number of hydrogen-bond acceptors (Lipinski definition) is 4. The Kier molecular flexibility index (Phi) is 7.42. The number of carbonyl (C=O) groups excluding carboxylic acids is 1. The fourth-order valence-corrected chi connectivity index (χ4v) is 3.27. The molecule has 2 atom stereocenters. The molecule has 0 amide bonds. The van der Waals surface area contributed by atoms with Crippen LogP contribution >= 0.6 is 0 Å². The zero-order chi connectivity index (χ0) is 26.0. The number of ketones is 1. The van der Waals surface area contributed by atoms with Crippen LogP contribution in [-0.4, -0.2) is 16.9 Å². The molecule has 2 unspecified atom stereocenters. The number of nitrogens with zero attached hydrogens (tertiary/aromatic N) is 1. The summed E-state index contributed by atoms with van der Waals surface area (Å²) in [6, 6.07) is 11.4. The molecule has 4 nitrogen and oxygen atoms in total. The molecule has 1 heterocycles. The van der Waals surface area contributed by atoms with Crippen LogP contribution in [0.25, 0.3) is 0 Å². The van der Waals surface area contributed by atoms with Crippen molar-refractivity contribution in [1.29, 1.82) is 0 Å². The standard InChI is InChI=1S/C25H21F6NO3/c1-14-12-17(24(26,27)28)9-11-20(14)35-22-7-5-4-6-21(22)34-16(3)23(33)15(2)19-10-8-18(13-32-19)25(29,30)31/h4-13,15-16H,1-3H3. The van der Waals surface area contributed by atoms with E-state index in [-0.39, 0.29) is 28.5 Å². The Morgan fingerprint density at radius 3 is 1.97 bits per heavy atom. The summed E-state index contributed by atoms with van der Waals surface area (Å²) in [7, 11) is 0. The van der Waals surface area contributed by atoms with Crippen LogP contribution in [0.15, 0.2) is 60.8 Å². The molecule has 0 saturated heterocycles. The van der Waals surface area contributed by atoms with Crippen molar-refractivity contribution in [3.05, 3.63) is 83.2 Å². The first-order chi connectivity index (χ1) is 16.3. The Labute approximate surface area is 197 Å². The summed E-state index contributed by atoms with van der Waals surface area (Å²) < 4.78 is 88.5. The van der Waals surface area contributed by atoms with Gasteiger partial charge in [-0.05, 0) is 68.8 Å². The first kappa shape index (κ1) is 26.1. The van der Waals surface area contributed by atoms with Crippen LogP contribution in [0.3, 0.4) is 0 Å². The van der Waals surface area contributed by atoms with Gasteiger partial charge in [0.2, 0.25) is 0 Å². The number of ether oxygens (including phenoxy) is 2. The van der Waals surface area contributed by atoms with Gasteiger partial charge in [-0.3, -0.25) is 9.78 Å². The predicted molar refractivity (Wildman–Crippen MR) is 115 cm³/mol. The van der Waals surface area contributed by atoms with E-state index in [1.807, 2.05) is 0 Å². The van der Waals surface area contributed by atoms with Crippen LogP contribution in [0, 0.1) is 6.92 Å². The number of aromatic nitrogens is 1. The Balaban J connectivity index is 1.75. The molecule has 0 spiro atoms. The predicted octanol–water partition coefficient (Wildman–Crippen LogP) is 7.36. The van der Waals surface area contributed by atoms with Crippen molar-refractivity contribution in [2.24, 2.45) is 0 Å². The summed E-state index contributed by atoms with van der Waals surface area (Å²) in [6.07, 6.45) is -9.38. The highest BCUT2D eigenvalue weighted by molar-refractivity contribution is 5.89. The van der Waals surface area contributed by atoms with Crippen molar-refractivity contribution in [2.45, 2.75) is 45.1 Å². The third-order valence-electron chi connectivity index (χ3n) is 5.26. The fraction of sp³-hybridized carbons (Fsp3) is 0.280. The number of para-hydroxylation sites is 2. The maximum Gasteiger partial charge on any atom is 0.417 e. The topological polar surface area (TPSA) is 48.4 Å². The van der Waals surface area contributed by atoms with Gasteiger partial charge in [0.25, 0.3) is 0 Å². The molecule has 0 N–H and O–H groups in total. The van der Waals surface area contributed by atoms with Gasteiger partial charge in [0.15, 0.2) is 23.4 Å². The third-order valence-corrected chi connectivity index (χ3v) is 5.26. The summed E-state index contributed by atoms with van der Waals surface area (Å²) in [5, 5.41) is 0. The van der Waals surface area contributed by atoms with E-state index >= 15 is 0 Å². The van der Waals surface area contributed by atoms with Gasteiger partial charge >= 0.3 is 12.4 Å². The molecule has 186 valence electrons. The second kappa shape index (κ2) is 9.97. The molecule has 0 radical (unpaired) electrons. The molecule has 0 aliphatic carbocycles. The van der Waals surface area contributed by atoms with Crippen LogP contribution < -0.4 is 9.47 Å². The molecular formula is C25H21F6NO3. The Bertz CT molecular complexity index is 1190. The smallest absolute Gasteiger partial charge is 0.417 e. The lowest BCUT2D eigenvalue weighted by atomic mass is 9.98. The highest BCUT2D eigenvalue weighted by Crippen LogP contribution is 2.37. The number of halogens is 6. The van der Waals surface area contributed by atoms with Gasteiger partial charge in [-0.25, -0.2) is 0 Å². The van der Waals surface area contributed by atoms with Gasteiger partial charge in [0.05, 0.1) is 22.7 Å². The minimum atomic E-state index is -4.54. The number of benzene rings is 2. The molecule has 2 aromatic carbocycles. The monoisotopic (exact) mass is 497 g/mol. The second-order valence-electron chi connectivity index (χ2n) is 7.88. The van der Waals surface area contributed by atoms with Crippen molar-refractivity contribution in [1.82, 2.24) is 4.98 Å². The quantitative estimate of drug-likeness (QED) is 0.320. The summed E-state index contributed by atoms with van der Waals surface area (Å²) >= 11 is 0. The van der Waals surface area contributed by atoms with Crippen molar-refractivity contribution >= 4 is 5.78 Å². The molecule has 35 heavy (non-hydrogen) atoms. The molecule has 1 aromatic heterocycles. The highest BCUT2D eigenvalue weighted by Gasteiger charge is 2.32. The largest absolute Gasteiger partial charge is 0.479 e. The van der Waals surface area contributed by atoms with Gasteiger partial charge in [0, 0.05) is 6.20 Å². The summed E-state index contributed by atoms with van der Waals surface area (Å²) in [6.45, 7) is 4.45. The minimum absolute atomic E-state index is 0.156. The lowest BCUT2D eigenvalue weighted by Crippen LogP contribution is -2.28. The molecule has 0 bridgehead atoms. The number of aryl methyl sites for hydroxylation is 1. The fourth-order valence-electron chi connectivity index (χ4n) is 3.27. The lowest BCUT2D eigenvalue weighted by Gasteiger charge is -2.20. The van der Waals surface area contributed by atoms with Crippen LogP contribution in [0.1, 0.15) is 42.1 Å². The van der Waals surface area contributed by atoms with Gasteiger partial charge in [-0.2, -0.15) is 26.3 Å². The van der Waals surface area contributed by atoms with E-state index in [2.05, 4.69) is 4.98 Å². The summed E-state index contributed by atoms with van der Waals surface area (Å²) in [5.41, 5.74) is -1.32. The number of rotatable bonds is 7. The molecule has 3 aromatic rings. The minimum Gasteiger partial charge on any atom is -0.479 e. The van der Waals surface area contributed by atoms with E-state index in [0.717, 1.165) is 24.3 Å². The maximum atomic E-state index is 12.9. The summed E-state index contributed by atoms with van der Waals surface area (Å²) in [5.74, 6) is -0.763. The van der Waals surface area contributed by atoms with E-state index in [1.165, 1.54) is 39.0 Å². The van der Waals surface area contributed by atoms with Gasteiger partial charge in [0.1, 0.15) is 5.75 Å². The van der Waals surface area contributed by atoms with Crippen molar-refractivity contribution < 1.29 is 40.6 Å². The van der Waals surface area contributed by atoms with Crippen LogP contribution in [-0.2, 0) is 17.1 Å². The molecule has 0 saturated carbocycles. The van der Waals surface area contributed by atoms with Gasteiger partial charge in [-0.1, -0.05) is 12.1 Å². The van der Waals surface area contributed by atoms with Gasteiger partial charge < -0.3 is 9.47 Å². The Hall–Kier alpha value is -3.56. The number of alkyl halides is 6. The highest BCUT2D eigenvalue weighted by atomic mass is 19.4. The molecule has 3 rings (SSSR count). The Morgan fingerprint density at radius 2 is 1.43 bits per heavy atom. The SMILES string of the molecule is Cc1cc(C(F)(F)F)ccc1Oc1ccccc1OC(C)C(=O)C(C)c1ccc(C(F)(F)F)cn1. The number of hydrogen-bond donors (Lipinski definition) is 0. The van der Waals surface area contributed by atoms with Crippen LogP contribution in [0.5, 0.6) is 17.2 Å². The van der Waals surface area contributed by atoms with E-state index in [9.17, 15) is 31.1 Å². The first-order valence-electron chi connectivity index (χ1n) is 10.5. The second-order valence-corrected chi connectivity index (χ2v) is 7.88. The van der Waals surface area contributed by atoms with E-state index in [0.29, 0.717) is 6.20 Å².